The maximum Gasteiger partial charge on any atom is 0.251 e. The number of ether oxygens (including phenoxy) is 2. The van der Waals surface area contributed by atoms with Gasteiger partial charge in [0.25, 0.3) is 5.91 Å². The third-order valence-electron chi connectivity index (χ3n) is 4.47. The van der Waals surface area contributed by atoms with Gasteiger partial charge < -0.3 is 20.1 Å². The van der Waals surface area contributed by atoms with Crippen LogP contribution in [-0.4, -0.2) is 18.9 Å². The number of hydrogen-bond donors (Lipinski definition) is 2. The summed E-state index contributed by atoms with van der Waals surface area (Å²) in [5.41, 5.74) is 2.85. The van der Waals surface area contributed by atoms with Crippen LogP contribution < -0.4 is 20.1 Å². The number of carbonyl (C=O) groups is 2. The summed E-state index contributed by atoms with van der Waals surface area (Å²) in [4.78, 5) is 23.8. The number of nitrogens with one attached hydrogen (secondary N) is 2. The molecule has 0 radical (unpaired) electrons. The van der Waals surface area contributed by atoms with E-state index in [1.54, 1.807) is 30.3 Å². The van der Waals surface area contributed by atoms with Crippen molar-refractivity contribution in [2.45, 2.75) is 20.1 Å². The molecule has 31 heavy (non-hydrogen) atoms. The molecule has 3 aromatic carbocycles. The quantitative estimate of drug-likeness (QED) is 0.528. The first-order valence-electron chi connectivity index (χ1n) is 9.65. The molecule has 2 N–H and O–H groups in total. The molecule has 3 aromatic rings. The Balaban J connectivity index is 1.64. The minimum Gasteiger partial charge on any atom is -0.493 e. The monoisotopic (exact) mass is 438 g/mol. The van der Waals surface area contributed by atoms with E-state index in [0.29, 0.717) is 34.3 Å². The van der Waals surface area contributed by atoms with Gasteiger partial charge in [-0.05, 0) is 42.0 Å². The van der Waals surface area contributed by atoms with Crippen molar-refractivity contribution in [3.63, 3.8) is 0 Å². The minimum atomic E-state index is -0.249. The number of benzene rings is 3. The molecule has 0 unspecified atom stereocenters. The van der Waals surface area contributed by atoms with Crippen molar-refractivity contribution < 1.29 is 19.1 Å². The SMILES string of the molecule is COc1cc(C(=O)NCc2cccc(NC(C)=O)c2)ccc1OCc1ccccc1Cl. The molecule has 0 aliphatic heterocycles. The molecular weight excluding hydrogens is 416 g/mol. The molecule has 7 heteroatoms. The van der Waals surface area contributed by atoms with Crippen molar-refractivity contribution in [2.75, 3.05) is 12.4 Å². The minimum absolute atomic E-state index is 0.148. The first kappa shape index (κ1) is 22.2. The second-order valence-corrected chi connectivity index (χ2v) is 7.22. The molecule has 3 rings (SSSR count). The molecule has 2 amide bonds. The Labute approximate surface area is 186 Å². The number of methoxy groups -OCH3 is 1. The Morgan fingerprint density at radius 2 is 1.77 bits per heavy atom. The number of amides is 2. The lowest BCUT2D eigenvalue weighted by molar-refractivity contribution is -0.114. The molecule has 0 fully saturated rings. The predicted molar refractivity (Wildman–Crippen MR) is 121 cm³/mol. The van der Waals surface area contributed by atoms with Crippen LogP contribution in [-0.2, 0) is 17.9 Å². The van der Waals surface area contributed by atoms with Crippen LogP contribution in [0.5, 0.6) is 11.5 Å². The fraction of sp³-hybridized carbons (Fsp3) is 0.167. The maximum atomic E-state index is 12.6. The van der Waals surface area contributed by atoms with Crippen LogP contribution in [0.15, 0.2) is 66.7 Å². The summed E-state index contributed by atoms with van der Waals surface area (Å²) in [6, 6.07) is 19.7. The van der Waals surface area contributed by atoms with Gasteiger partial charge in [-0.1, -0.05) is 41.9 Å². The zero-order valence-electron chi connectivity index (χ0n) is 17.3. The highest BCUT2D eigenvalue weighted by molar-refractivity contribution is 6.31. The van der Waals surface area contributed by atoms with Gasteiger partial charge in [-0.25, -0.2) is 0 Å². The van der Waals surface area contributed by atoms with Crippen LogP contribution in [0.3, 0.4) is 0 Å². The number of rotatable bonds is 8. The average molecular weight is 439 g/mol. The third kappa shape index (κ3) is 6.23. The molecule has 0 atom stereocenters. The second kappa shape index (κ2) is 10.5. The van der Waals surface area contributed by atoms with Gasteiger partial charge in [0.15, 0.2) is 11.5 Å². The summed E-state index contributed by atoms with van der Waals surface area (Å²) in [6.45, 7) is 2.05. The van der Waals surface area contributed by atoms with Gasteiger partial charge in [0.05, 0.1) is 7.11 Å². The Hall–Kier alpha value is -3.51. The molecule has 0 aliphatic rings. The van der Waals surface area contributed by atoms with Crippen LogP contribution in [0, 0.1) is 0 Å². The highest BCUT2D eigenvalue weighted by Gasteiger charge is 2.12. The largest absolute Gasteiger partial charge is 0.493 e. The molecule has 0 aromatic heterocycles. The van der Waals surface area contributed by atoms with E-state index in [9.17, 15) is 9.59 Å². The zero-order chi connectivity index (χ0) is 22.2. The number of carbonyl (C=O) groups excluding carboxylic acids is 2. The van der Waals surface area contributed by atoms with Crippen LogP contribution >= 0.6 is 11.6 Å². The van der Waals surface area contributed by atoms with E-state index >= 15 is 0 Å². The van der Waals surface area contributed by atoms with Gasteiger partial charge in [0.2, 0.25) is 5.91 Å². The third-order valence-corrected chi connectivity index (χ3v) is 4.84. The van der Waals surface area contributed by atoms with Crippen molar-refractivity contribution in [2.24, 2.45) is 0 Å². The molecule has 0 saturated carbocycles. The van der Waals surface area contributed by atoms with Gasteiger partial charge in [-0.2, -0.15) is 0 Å². The van der Waals surface area contributed by atoms with Crippen LogP contribution in [0.25, 0.3) is 0 Å². The Morgan fingerprint density at radius 1 is 0.968 bits per heavy atom. The van der Waals surface area contributed by atoms with Gasteiger partial charge in [0, 0.05) is 35.3 Å². The summed E-state index contributed by atoms with van der Waals surface area (Å²) >= 11 is 6.17. The summed E-state index contributed by atoms with van der Waals surface area (Å²) in [5, 5.41) is 6.21. The van der Waals surface area contributed by atoms with Crippen LogP contribution in [0.4, 0.5) is 5.69 Å². The topological polar surface area (TPSA) is 76.7 Å². The van der Waals surface area contributed by atoms with Crippen molar-refractivity contribution in [1.82, 2.24) is 5.32 Å². The highest BCUT2D eigenvalue weighted by Crippen LogP contribution is 2.29. The molecule has 0 bridgehead atoms. The van der Waals surface area contributed by atoms with E-state index in [1.165, 1.54) is 14.0 Å². The number of hydrogen-bond acceptors (Lipinski definition) is 4. The second-order valence-electron chi connectivity index (χ2n) is 6.81. The van der Waals surface area contributed by atoms with Gasteiger partial charge in [-0.3, -0.25) is 9.59 Å². The molecule has 0 heterocycles. The summed E-state index contributed by atoms with van der Waals surface area (Å²) < 4.78 is 11.2. The smallest absolute Gasteiger partial charge is 0.251 e. The normalized spacial score (nSPS) is 10.3. The Kier molecular flexibility index (Phi) is 7.51. The van der Waals surface area contributed by atoms with E-state index in [0.717, 1.165) is 11.1 Å². The molecule has 6 nitrogen and oxygen atoms in total. The van der Waals surface area contributed by atoms with E-state index in [2.05, 4.69) is 10.6 Å². The van der Waals surface area contributed by atoms with Gasteiger partial charge >= 0.3 is 0 Å². The summed E-state index contributed by atoms with van der Waals surface area (Å²) in [7, 11) is 1.52. The van der Waals surface area contributed by atoms with Gasteiger partial charge in [0.1, 0.15) is 6.61 Å². The number of anilines is 1. The molecule has 0 aliphatic carbocycles. The number of halogens is 1. The highest BCUT2D eigenvalue weighted by atomic mass is 35.5. The zero-order valence-corrected chi connectivity index (χ0v) is 18.0. The first-order chi connectivity index (χ1) is 15.0. The Bertz CT molecular complexity index is 1080. The lowest BCUT2D eigenvalue weighted by Crippen LogP contribution is -2.23. The van der Waals surface area contributed by atoms with Crippen molar-refractivity contribution in [1.29, 1.82) is 0 Å². The van der Waals surface area contributed by atoms with Gasteiger partial charge in [-0.15, -0.1) is 0 Å². The summed E-state index contributed by atoms with van der Waals surface area (Å²) in [6.07, 6.45) is 0. The molecule has 0 spiro atoms. The lowest BCUT2D eigenvalue weighted by Gasteiger charge is -2.13. The van der Waals surface area contributed by atoms with E-state index in [1.807, 2.05) is 36.4 Å². The molecule has 0 saturated heterocycles. The Morgan fingerprint density at radius 3 is 2.52 bits per heavy atom. The average Bonchev–Trinajstić information content (AvgIpc) is 2.76. The van der Waals surface area contributed by atoms with Crippen molar-refractivity contribution >= 4 is 29.1 Å². The lowest BCUT2D eigenvalue weighted by atomic mass is 10.1. The van der Waals surface area contributed by atoms with E-state index in [4.69, 9.17) is 21.1 Å². The van der Waals surface area contributed by atoms with E-state index in [-0.39, 0.29) is 18.4 Å². The fourth-order valence-corrected chi connectivity index (χ4v) is 3.14. The summed E-state index contributed by atoms with van der Waals surface area (Å²) in [5.74, 6) is 0.570. The van der Waals surface area contributed by atoms with Crippen molar-refractivity contribution in [3.05, 3.63) is 88.4 Å². The maximum absolute atomic E-state index is 12.6. The molecule has 160 valence electrons. The molecular formula is C24H23ClN2O4. The van der Waals surface area contributed by atoms with Crippen LogP contribution in [0.2, 0.25) is 5.02 Å². The fourth-order valence-electron chi connectivity index (χ4n) is 2.95. The van der Waals surface area contributed by atoms with Crippen molar-refractivity contribution in [3.8, 4) is 11.5 Å². The first-order valence-corrected chi connectivity index (χ1v) is 10.0. The van der Waals surface area contributed by atoms with E-state index < -0.39 is 0 Å². The predicted octanol–water partition coefficient (Wildman–Crippen LogP) is 4.82. The standard InChI is InChI=1S/C24H23ClN2O4/c1-16(28)27-20-8-5-6-17(12-20)14-26-24(29)18-10-11-22(23(13-18)30-2)31-15-19-7-3-4-9-21(19)25/h3-13H,14-15H2,1-2H3,(H,26,29)(H,27,28). The van der Waals surface area contributed by atoms with Crippen LogP contribution in [0.1, 0.15) is 28.4 Å².